The van der Waals surface area contributed by atoms with Crippen LogP contribution in [0.1, 0.15) is 109 Å². The SMILES string of the molecule is CC(C)(C)OC(=O)N1C(=NC(CCN2CCN(C(=O)CN3CCC(OC4CCN(C(=O)[C@H](N)C5CCCCC5)CC4)CC3)CC2)c2ccc(Cl)cc2)C12CCN(c1ncnc3[nH]ccc13)CC2. The van der Waals surface area contributed by atoms with Gasteiger partial charge in [0.2, 0.25) is 11.8 Å². The molecule has 0 bridgehead atoms. The molecule has 0 radical (unpaired) electrons. The highest BCUT2D eigenvalue weighted by molar-refractivity contribution is 6.30. The molecule has 67 heavy (non-hydrogen) atoms. The summed E-state index contributed by atoms with van der Waals surface area (Å²) in [5.41, 5.74) is 7.13. The van der Waals surface area contributed by atoms with Crippen molar-refractivity contribution in [2.24, 2.45) is 16.6 Å². The summed E-state index contributed by atoms with van der Waals surface area (Å²) in [6, 6.07) is 9.34. The summed E-state index contributed by atoms with van der Waals surface area (Å²) in [6.07, 6.45) is 15.0. The van der Waals surface area contributed by atoms with E-state index in [1.54, 1.807) is 11.2 Å². The zero-order valence-corrected chi connectivity index (χ0v) is 40.7. The van der Waals surface area contributed by atoms with Gasteiger partial charge in [0.1, 0.15) is 34.8 Å². The van der Waals surface area contributed by atoms with Gasteiger partial charge in [0.05, 0.1) is 36.2 Å². The first kappa shape index (κ1) is 47.7. The van der Waals surface area contributed by atoms with E-state index in [9.17, 15) is 14.4 Å². The van der Waals surface area contributed by atoms with Gasteiger partial charge in [-0.2, -0.15) is 0 Å². The van der Waals surface area contributed by atoms with Gasteiger partial charge in [0.25, 0.3) is 0 Å². The Morgan fingerprint density at radius 2 is 1.51 bits per heavy atom. The molecule has 7 heterocycles. The molecule has 3 aromatic rings. The molecule has 17 heteroatoms. The molecule has 2 aromatic heterocycles. The van der Waals surface area contributed by atoms with Crippen LogP contribution in [0.4, 0.5) is 10.6 Å². The van der Waals surface area contributed by atoms with Crippen molar-refractivity contribution >= 4 is 52.2 Å². The van der Waals surface area contributed by atoms with Crippen LogP contribution in [-0.4, -0.2) is 171 Å². The number of rotatable bonds is 12. The van der Waals surface area contributed by atoms with Crippen molar-refractivity contribution in [3.8, 4) is 0 Å². The van der Waals surface area contributed by atoms with E-state index in [4.69, 9.17) is 31.8 Å². The van der Waals surface area contributed by atoms with Gasteiger partial charge < -0.3 is 34.9 Å². The molecule has 1 aromatic carbocycles. The largest absolute Gasteiger partial charge is 0.443 e. The van der Waals surface area contributed by atoms with Crippen LogP contribution in [0, 0.1) is 5.92 Å². The van der Waals surface area contributed by atoms with Crippen LogP contribution in [-0.2, 0) is 19.1 Å². The number of hydrogen-bond acceptors (Lipinski definition) is 12. The van der Waals surface area contributed by atoms with Gasteiger partial charge in [-0.3, -0.25) is 24.4 Å². The standard InChI is InChI=1S/C50H72ClN11O5/c1-49(2,3)67-48(65)62-47(50(62)19-27-60(28-20-50)45-40-13-21-53-44(40)54-34-55-45)56-41(35-9-11-37(51)12-10-35)18-24-57-29-31-59(32-30-57)42(63)33-58-22-14-38(15-23-58)66-39-16-25-61(26-17-39)46(64)43(52)36-7-5-4-6-8-36/h9-13,21,34,36,38-39,41,43H,4-8,14-20,22-33,52H2,1-3H3,(H,53,54,55)/t41?,43-,62?/m1/s1. The first-order chi connectivity index (χ1) is 32.3. The Morgan fingerprint density at radius 1 is 0.836 bits per heavy atom. The average Bonchev–Trinajstić information content (AvgIpc) is 3.64. The molecular weight excluding hydrogens is 870 g/mol. The minimum absolute atomic E-state index is 0.126. The number of hydrogen-bond donors (Lipinski definition) is 2. The van der Waals surface area contributed by atoms with Crippen LogP contribution < -0.4 is 10.6 Å². The highest BCUT2D eigenvalue weighted by Gasteiger charge is 2.65. The number of H-pyrrole nitrogens is 1. The van der Waals surface area contributed by atoms with Crippen LogP contribution in [0.15, 0.2) is 47.8 Å². The predicted molar refractivity (Wildman–Crippen MR) is 260 cm³/mol. The molecule has 16 nitrogen and oxygen atoms in total. The third-order valence-electron chi connectivity index (χ3n) is 15.3. The van der Waals surface area contributed by atoms with E-state index in [0.717, 1.165) is 119 Å². The van der Waals surface area contributed by atoms with Crippen molar-refractivity contribution in [1.82, 2.24) is 39.5 Å². The van der Waals surface area contributed by atoms with Gasteiger partial charge >= 0.3 is 6.09 Å². The van der Waals surface area contributed by atoms with Gasteiger partial charge in [-0.25, -0.2) is 19.7 Å². The Labute approximate surface area is 400 Å². The number of fused-ring (bicyclic) bond motifs is 1. The van der Waals surface area contributed by atoms with E-state index in [-0.39, 0.29) is 42.2 Å². The molecule has 3 N–H and O–H groups in total. The number of likely N-dealkylation sites (tertiary alicyclic amines) is 2. The average molecular weight is 943 g/mol. The zero-order valence-electron chi connectivity index (χ0n) is 39.9. The highest BCUT2D eigenvalue weighted by Crippen LogP contribution is 2.48. The van der Waals surface area contributed by atoms with Gasteiger partial charge in [-0.05, 0) is 108 Å². The molecule has 364 valence electrons. The molecule has 2 atom stereocenters. The second-order valence-electron chi connectivity index (χ2n) is 20.9. The maximum absolute atomic E-state index is 13.8. The monoisotopic (exact) mass is 942 g/mol. The number of nitrogens with two attached hydrogens (primary N) is 1. The van der Waals surface area contributed by atoms with E-state index < -0.39 is 11.1 Å². The topological polar surface area (TPSA) is 169 Å². The zero-order chi connectivity index (χ0) is 46.7. The lowest BCUT2D eigenvalue weighted by atomic mass is 9.83. The molecule has 6 fully saturated rings. The number of benzene rings is 1. The second-order valence-corrected chi connectivity index (χ2v) is 21.3. The molecule has 3 amide bonds. The van der Waals surface area contributed by atoms with E-state index >= 15 is 0 Å². The van der Waals surface area contributed by atoms with Crippen LogP contribution in [0.5, 0.6) is 0 Å². The summed E-state index contributed by atoms with van der Waals surface area (Å²) >= 11 is 6.37. The van der Waals surface area contributed by atoms with Gasteiger partial charge in [-0.1, -0.05) is 43.0 Å². The molecule has 1 unspecified atom stereocenters. The minimum atomic E-state index is -0.648. The van der Waals surface area contributed by atoms with Crippen LogP contribution >= 0.6 is 11.6 Å². The molecule has 1 aliphatic carbocycles. The lowest BCUT2D eigenvalue weighted by Gasteiger charge is -2.39. The predicted octanol–water partition coefficient (Wildman–Crippen LogP) is 6.25. The third kappa shape index (κ3) is 11.2. The Hall–Kier alpha value is -4.35. The van der Waals surface area contributed by atoms with Crippen molar-refractivity contribution < 1.29 is 23.9 Å². The molecular formula is C50H72ClN11O5. The number of nitrogens with one attached hydrogen (secondary N) is 1. The fraction of sp³-hybridized carbons (Fsp3) is 0.680. The van der Waals surface area contributed by atoms with E-state index in [1.165, 1.54) is 19.3 Å². The number of ether oxygens (including phenoxy) is 2. The van der Waals surface area contributed by atoms with E-state index in [1.807, 2.05) is 67.1 Å². The van der Waals surface area contributed by atoms with E-state index in [0.29, 0.717) is 56.5 Å². The van der Waals surface area contributed by atoms with Crippen molar-refractivity contribution in [2.45, 2.75) is 133 Å². The maximum Gasteiger partial charge on any atom is 0.416 e. The lowest BCUT2D eigenvalue weighted by molar-refractivity contribution is -0.139. The third-order valence-corrected chi connectivity index (χ3v) is 15.5. The number of carbonyl (C=O) groups excluding carboxylic acids is 3. The Bertz CT molecular complexity index is 2190. The van der Waals surface area contributed by atoms with Crippen LogP contribution in [0.3, 0.4) is 0 Å². The first-order valence-corrected chi connectivity index (χ1v) is 25.5. The second kappa shape index (κ2) is 20.7. The molecule has 5 aliphatic heterocycles. The fourth-order valence-corrected chi connectivity index (χ4v) is 11.4. The van der Waals surface area contributed by atoms with Crippen molar-refractivity contribution in [2.75, 3.05) is 83.4 Å². The molecule has 1 saturated carbocycles. The number of piperidine rings is 3. The molecule has 6 aliphatic rings. The van der Waals surface area contributed by atoms with Crippen LogP contribution in [0.25, 0.3) is 11.0 Å². The number of nitrogens with zero attached hydrogens (tertiary/aromatic N) is 9. The number of anilines is 1. The number of halogens is 1. The first-order valence-electron chi connectivity index (χ1n) is 25.2. The number of aromatic nitrogens is 3. The van der Waals surface area contributed by atoms with Gasteiger partial charge in [0.15, 0.2) is 0 Å². The molecule has 1 spiro atoms. The Kier molecular flexibility index (Phi) is 14.7. The number of amidine groups is 1. The maximum atomic E-state index is 13.8. The Morgan fingerprint density at radius 3 is 2.18 bits per heavy atom. The number of carbonyl (C=O) groups is 3. The quantitative estimate of drug-likeness (QED) is 0.197. The van der Waals surface area contributed by atoms with Crippen molar-refractivity contribution in [1.29, 1.82) is 0 Å². The van der Waals surface area contributed by atoms with Gasteiger partial charge in [0, 0.05) is 83.2 Å². The van der Waals surface area contributed by atoms with E-state index in [2.05, 4.69) is 29.7 Å². The summed E-state index contributed by atoms with van der Waals surface area (Å²) in [7, 11) is 0. The molecule has 5 saturated heterocycles. The highest BCUT2D eigenvalue weighted by atomic mass is 35.5. The summed E-state index contributed by atoms with van der Waals surface area (Å²) in [5, 5.41) is 1.65. The van der Waals surface area contributed by atoms with Crippen molar-refractivity contribution in [3.63, 3.8) is 0 Å². The van der Waals surface area contributed by atoms with Gasteiger partial charge in [-0.15, -0.1) is 0 Å². The lowest BCUT2D eigenvalue weighted by Crippen LogP contribution is -2.52. The smallest absolute Gasteiger partial charge is 0.416 e. The van der Waals surface area contributed by atoms with Crippen molar-refractivity contribution in [3.05, 3.63) is 53.4 Å². The molecule has 9 rings (SSSR count). The summed E-state index contributed by atoms with van der Waals surface area (Å²) in [6.45, 7) is 14.5. The summed E-state index contributed by atoms with van der Waals surface area (Å²) < 4.78 is 12.5. The number of amides is 3. The fourth-order valence-electron chi connectivity index (χ4n) is 11.2. The summed E-state index contributed by atoms with van der Waals surface area (Å²) in [4.78, 5) is 71.0. The Balaban J connectivity index is 0.749. The minimum Gasteiger partial charge on any atom is -0.443 e. The number of aromatic amines is 1. The number of piperazine rings is 1. The normalized spacial score (nSPS) is 23.3. The number of aliphatic imine (C=N–C) groups is 1. The van der Waals surface area contributed by atoms with Crippen LogP contribution in [0.2, 0.25) is 5.02 Å². The summed E-state index contributed by atoms with van der Waals surface area (Å²) in [5.74, 6) is 2.32.